The summed E-state index contributed by atoms with van der Waals surface area (Å²) in [5.74, 6) is 0.0867. The van der Waals surface area contributed by atoms with Crippen molar-refractivity contribution in [2.75, 3.05) is 6.54 Å². The molecule has 0 bridgehead atoms. The molecule has 1 unspecified atom stereocenters. The van der Waals surface area contributed by atoms with Gasteiger partial charge < -0.3 is 11.1 Å². The van der Waals surface area contributed by atoms with Crippen molar-refractivity contribution in [1.29, 1.82) is 0 Å². The molecule has 0 spiro atoms. The molecule has 6 nitrogen and oxygen atoms in total. The normalized spacial score (nSPS) is 11.7. The van der Waals surface area contributed by atoms with Crippen molar-refractivity contribution >= 4 is 24.0 Å². The maximum Gasteiger partial charge on any atom is 0.270 e. The maximum absolute atomic E-state index is 12.1. The lowest BCUT2D eigenvalue weighted by molar-refractivity contribution is -0.384. The van der Waals surface area contributed by atoms with Crippen LogP contribution in [0.25, 0.3) is 0 Å². The first-order valence-corrected chi connectivity index (χ1v) is 6.60. The molecule has 1 aromatic carbocycles. The van der Waals surface area contributed by atoms with Crippen LogP contribution in [0.2, 0.25) is 0 Å². The molecule has 1 aromatic rings. The third-order valence-electron chi connectivity index (χ3n) is 2.91. The monoisotopic (exact) mass is 315 g/mol. The molecule has 1 atom stereocenters. The van der Waals surface area contributed by atoms with E-state index < -0.39 is 4.92 Å². The first-order chi connectivity index (χ1) is 9.33. The van der Waals surface area contributed by atoms with Gasteiger partial charge in [-0.1, -0.05) is 13.8 Å². The number of aryl methyl sites for hydroxylation is 1. The Hall–Kier alpha value is -1.66. The van der Waals surface area contributed by atoms with Crippen molar-refractivity contribution < 1.29 is 9.72 Å². The van der Waals surface area contributed by atoms with Crippen LogP contribution in [0.4, 0.5) is 5.69 Å². The van der Waals surface area contributed by atoms with Crippen LogP contribution in [0.5, 0.6) is 0 Å². The van der Waals surface area contributed by atoms with Gasteiger partial charge >= 0.3 is 0 Å². The van der Waals surface area contributed by atoms with Crippen molar-refractivity contribution in [3.8, 4) is 0 Å². The molecule has 0 fully saturated rings. The van der Waals surface area contributed by atoms with E-state index in [4.69, 9.17) is 5.73 Å². The van der Waals surface area contributed by atoms with E-state index in [-0.39, 0.29) is 30.0 Å². The zero-order chi connectivity index (χ0) is 15.3. The van der Waals surface area contributed by atoms with E-state index in [0.717, 1.165) is 6.42 Å². The molecule has 0 aromatic heterocycles. The number of non-ortho nitro benzene ring substituents is 1. The second kappa shape index (κ2) is 8.59. The number of nitrogens with zero attached hydrogens (tertiary/aromatic N) is 1. The quantitative estimate of drug-likeness (QED) is 0.622. The minimum Gasteiger partial charge on any atom is -0.348 e. The second-order valence-electron chi connectivity index (χ2n) is 5.35. The van der Waals surface area contributed by atoms with E-state index >= 15 is 0 Å². The number of carbonyl (C=O) groups is 1. The maximum atomic E-state index is 12.1. The Morgan fingerprint density at radius 1 is 1.38 bits per heavy atom. The average molecular weight is 316 g/mol. The SMILES string of the molecule is Cc1cc(C(=O)NC(CN)CC(C)C)cc([N+](=O)[O-])c1.Cl. The minimum atomic E-state index is -0.502. The molecule has 0 radical (unpaired) electrons. The number of carbonyl (C=O) groups excluding carboxylic acids is 1. The Kier molecular flexibility index (Phi) is 7.91. The summed E-state index contributed by atoms with van der Waals surface area (Å²) in [5.41, 5.74) is 6.52. The van der Waals surface area contributed by atoms with Crippen molar-refractivity contribution in [2.24, 2.45) is 11.7 Å². The number of nitrogens with one attached hydrogen (secondary N) is 1. The molecule has 0 heterocycles. The van der Waals surface area contributed by atoms with Gasteiger partial charge in [0.15, 0.2) is 0 Å². The fraction of sp³-hybridized carbons (Fsp3) is 0.500. The van der Waals surface area contributed by atoms with Crippen molar-refractivity contribution in [3.05, 3.63) is 39.4 Å². The number of rotatable bonds is 6. The molecule has 0 aliphatic rings. The topological polar surface area (TPSA) is 98.3 Å². The Morgan fingerprint density at radius 3 is 2.48 bits per heavy atom. The largest absolute Gasteiger partial charge is 0.348 e. The first kappa shape index (κ1) is 19.3. The first-order valence-electron chi connectivity index (χ1n) is 6.60. The van der Waals surface area contributed by atoms with Gasteiger partial charge in [0, 0.05) is 30.3 Å². The predicted octanol–water partition coefficient (Wildman–Crippen LogP) is 2.43. The van der Waals surface area contributed by atoms with Gasteiger partial charge in [0.1, 0.15) is 0 Å². The van der Waals surface area contributed by atoms with Gasteiger partial charge in [0.2, 0.25) is 0 Å². The number of halogens is 1. The summed E-state index contributed by atoms with van der Waals surface area (Å²) in [5, 5.41) is 13.6. The van der Waals surface area contributed by atoms with Crippen LogP contribution in [-0.2, 0) is 0 Å². The molecule has 0 aliphatic carbocycles. The van der Waals surface area contributed by atoms with Crippen molar-refractivity contribution in [1.82, 2.24) is 5.32 Å². The number of hydrogen-bond acceptors (Lipinski definition) is 4. The van der Waals surface area contributed by atoms with Gasteiger partial charge in [-0.2, -0.15) is 0 Å². The van der Waals surface area contributed by atoms with Crippen molar-refractivity contribution in [2.45, 2.75) is 33.2 Å². The van der Waals surface area contributed by atoms with E-state index in [9.17, 15) is 14.9 Å². The zero-order valence-corrected chi connectivity index (χ0v) is 13.3. The molecule has 7 heteroatoms. The lowest BCUT2D eigenvalue weighted by atomic mass is 10.0. The van der Waals surface area contributed by atoms with Crippen LogP contribution in [0.1, 0.15) is 36.2 Å². The second-order valence-corrected chi connectivity index (χ2v) is 5.35. The van der Waals surface area contributed by atoms with Gasteiger partial charge in [-0.25, -0.2) is 0 Å². The van der Waals surface area contributed by atoms with E-state index in [1.807, 2.05) is 13.8 Å². The number of hydrogen-bond donors (Lipinski definition) is 2. The van der Waals surface area contributed by atoms with E-state index in [0.29, 0.717) is 23.6 Å². The number of nitro benzene ring substituents is 1. The van der Waals surface area contributed by atoms with Crippen LogP contribution in [0.15, 0.2) is 18.2 Å². The molecular weight excluding hydrogens is 294 g/mol. The van der Waals surface area contributed by atoms with Gasteiger partial charge in [0.25, 0.3) is 11.6 Å². The zero-order valence-electron chi connectivity index (χ0n) is 12.5. The summed E-state index contributed by atoms with van der Waals surface area (Å²) in [7, 11) is 0. The van der Waals surface area contributed by atoms with E-state index in [2.05, 4.69) is 5.32 Å². The lowest BCUT2D eigenvalue weighted by Gasteiger charge is -2.18. The Balaban J connectivity index is 0.00000400. The molecule has 118 valence electrons. The van der Waals surface area contributed by atoms with Crippen LogP contribution in [0.3, 0.4) is 0 Å². The highest BCUT2D eigenvalue weighted by atomic mass is 35.5. The highest BCUT2D eigenvalue weighted by Crippen LogP contribution is 2.17. The number of nitrogens with two attached hydrogens (primary N) is 1. The summed E-state index contributed by atoms with van der Waals surface area (Å²) in [6, 6.07) is 4.23. The van der Waals surface area contributed by atoms with Gasteiger partial charge in [-0.05, 0) is 30.9 Å². The smallest absolute Gasteiger partial charge is 0.270 e. The fourth-order valence-electron chi connectivity index (χ4n) is 2.05. The summed E-state index contributed by atoms with van der Waals surface area (Å²) in [6.07, 6.45) is 0.774. The Morgan fingerprint density at radius 2 is 2.00 bits per heavy atom. The van der Waals surface area contributed by atoms with Crippen LogP contribution in [0, 0.1) is 23.0 Å². The molecule has 0 saturated carbocycles. The highest BCUT2D eigenvalue weighted by Gasteiger charge is 2.17. The molecule has 0 saturated heterocycles. The van der Waals surface area contributed by atoms with E-state index in [1.54, 1.807) is 13.0 Å². The molecule has 3 N–H and O–H groups in total. The van der Waals surface area contributed by atoms with E-state index in [1.165, 1.54) is 12.1 Å². The van der Waals surface area contributed by atoms with Gasteiger partial charge in [-0.3, -0.25) is 14.9 Å². The number of nitro groups is 1. The van der Waals surface area contributed by atoms with Crippen molar-refractivity contribution in [3.63, 3.8) is 0 Å². The standard InChI is InChI=1S/C14H21N3O3.ClH/c1-9(2)4-12(8-15)16-14(18)11-5-10(3)6-13(7-11)17(19)20;/h5-7,9,12H,4,8,15H2,1-3H3,(H,16,18);1H. The molecule has 21 heavy (non-hydrogen) atoms. The predicted molar refractivity (Wildman–Crippen MR) is 84.8 cm³/mol. The van der Waals surface area contributed by atoms with Crippen LogP contribution < -0.4 is 11.1 Å². The molecule has 0 aliphatic heterocycles. The minimum absolute atomic E-state index is 0. The molecule has 1 amide bonds. The van der Waals surface area contributed by atoms with Gasteiger partial charge in [0.05, 0.1) is 4.92 Å². The Bertz CT molecular complexity index is 506. The van der Waals surface area contributed by atoms with Gasteiger partial charge in [-0.15, -0.1) is 12.4 Å². The Labute approximate surface area is 130 Å². The molecule has 1 rings (SSSR count). The van der Waals surface area contributed by atoms with Crippen LogP contribution >= 0.6 is 12.4 Å². The summed E-state index contributed by atoms with van der Waals surface area (Å²) in [4.78, 5) is 22.4. The fourth-order valence-corrected chi connectivity index (χ4v) is 2.05. The van der Waals surface area contributed by atoms with Crippen LogP contribution in [-0.4, -0.2) is 23.4 Å². The third kappa shape index (κ3) is 6.10. The lowest BCUT2D eigenvalue weighted by Crippen LogP contribution is -2.41. The summed E-state index contributed by atoms with van der Waals surface area (Å²) < 4.78 is 0. The average Bonchev–Trinajstić information content (AvgIpc) is 2.36. The summed E-state index contributed by atoms with van der Waals surface area (Å²) in [6.45, 7) is 6.16. The summed E-state index contributed by atoms with van der Waals surface area (Å²) >= 11 is 0. The number of amides is 1. The molecular formula is C14H22ClN3O3. The highest BCUT2D eigenvalue weighted by molar-refractivity contribution is 5.95. The number of benzene rings is 1. The third-order valence-corrected chi connectivity index (χ3v) is 2.91.